The second-order valence-electron chi connectivity index (χ2n) is 6.86. The lowest BCUT2D eigenvalue weighted by molar-refractivity contribution is -0.161. The van der Waals surface area contributed by atoms with Crippen molar-refractivity contribution in [3.8, 4) is 5.75 Å². The van der Waals surface area contributed by atoms with Crippen molar-refractivity contribution in [2.75, 3.05) is 6.61 Å². The topological polar surface area (TPSA) is 106 Å². The number of nitrogens with zero attached hydrogens (tertiary/aromatic N) is 1. The van der Waals surface area contributed by atoms with Crippen molar-refractivity contribution in [1.29, 1.82) is 0 Å². The minimum absolute atomic E-state index is 0.169. The summed E-state index contributed by atoms with van der Waals surface area (Å²) in [6.07, 6.45) is 2.57. The first-order valence-corrected chi connectivity index (χ1v) is 9.55. The maximum atomic E-state index is 11.6. The summed E-state index contributed by atoms with van der Waals surface area (Å²) >= 11 is 1.64. The first-order valence-electron chi connectivity index (χ1n) is 8.61. The predicted molar refractivity (Wildman–Crippen MR) is 101 cm³/mol. The van der Waals surface area contributed by atoms with Crippen molar-refractivity contribution in [3.05, 3.63) is 46.4 Å². The maximum absolute atomic E-state index is 11.6. The number of aliphatic hydroxyl groups is 1. The highest BCUT2D eigenvalue weighted by molar-refractivity contribution is 7.07. The number of pyridine rings is 1. The van der Waals surface area contributed by atoms with Gasteiger partial charge in [-0.3, -0.25) is 4.98 Å². The summed E-state index contributed by atoms with van der Waals surface area (Å²) in [5.74, 6) is -0.567. The number of nitrogens with two attached hydrogens (primary N) is 1. The van der Waals surface area contributed by atoms with Crippen LogP contribution in [0.5, 0.6) is 5.75 Å². The molecule has 0 aliphatic heterocycles. The average molecular weight is 378 g/mol. The zero-order valence-electron chi connectivity index (χ0n) is 15.1. The highest BCUT2D eigenvalue weighted by atomic mass is 32.1. The number of carboxylic acids is 1. The summed E-state index contributed by atoms with van der Waals surface area (Å²) in [6, 6.07) is 4.54. The van der Waals surface area contributed by atoms with E-state index >= 15 is 0 Å². The Kier molecular flexibility index (Phi) is 7.14. The molecule has 2 unspecified atom stereocenters. The molecule has 0 saturated carbocycles. The van der Waals surface area contributed by atoms with Crippen LogP contribution >= 0.6 is 11.3 Å². The zero-order valence-corrected chi connectivity index (χ0v) is 15.9. The van der Waals surface area contributed by atoms with E-state index in [9.17, 15) is 15.0 Å². The van der Waals surface area contributed by atoms with Crippen LogP contribution in [0.15, 0.2) is 35.2 Å². The van der Waals surface area contributed by atoms with Crippen LogP contribution in [0.3, 0.4) is 0 Å². The fourth-order valence-electron chi connectivity index (χ4n) is 2.71. The van der Waals surface area contributed by atoms with E-state index in [2.05, 4.69) is 16.4 Å². The molecule has 0 radical (unpaired) electrons. The molecule has 4 N–H and O–H groups in total. The van der Waals surface area contributed by atoms with Crippen LogP contribution in [0.2, 0.25) is 0 Å². The molecular weight excluding hydrogens is 352 g/mol. The number of aliphatic carboxylic acids is 1. The third-order valence-electron chi connectivity index (χ3n) is 4.19. The molecule has 0 amide bonds. The maximum Gasteiger partial charge on any atom is 0.337 e. The van der Waals surface area contributed by atoms with Crippen LogP contribution in [0.4, 0.5) is 0 Å². The minimum atomic E-state index is -2.06. The second kappa shape index (κ2) is 9.12. The molecule has 2 atom stereocenters. The van der Waals surface area contributed by atoms with E-state index in [0.29, 0.717) is 24.5 Å². The Bertz CT molecular complexity index is 705. The molecule has 0 aliphatic rings. The Morgan fingerprint density at radius 3 is 2.81 bits per heavy atom. The number of thiophene rings is 1. The molecule has 0 bridgehead atoms. The second-order valence-corrected chi connectivity index (χ2v) is 7.64. The van der Waals surface area contributed by atoms with Crippen LogP contribution in [0.1, 0.15) is 31.5 Å². The quantitative estimate of drug-likeness (QED) is 0.587. The summed E-state index contributed by atoms with van der Waals surface area (Å²) in [7, 11) is 0. The van der Waals surface area contributed by atoms with E-state index in [1.807, 2.05) is 19.2 Å². The summed E-state index contributed by atoms with van der Waals surface area (Å²) < 4.78 is 5.72. The van der Waals surface area contributed by atoms with Gasteiger partial charge in [0.05, 0.1) is 6.61 Å². The third kappa shape index (κ3) is 5.52. The van der Waals surface area contributed by atoms with Crippen molar-refractivity contribution < 1.29 is 19.7 Å². The van der Waals surface area contributed by atoms with Gasteiger partial charge in [0.25, 0.3) is 0 Å². The van der Waals surface area contributed by atoms with Crippen LogP contribution in [0.25, 0.3) is 0 Å². The minimum Gasteiger partial charge on any atom is -0.493 e. The molecule has 0 spiro atoms. The van der Waals surface area contributed by atoms with Crippen molar-refractivity contribution >= 4 is 17.3 Å². The van der Waals surface area contributed by atoms with Crippen molar-refractivity contribution in [1.82, 2.24) is 4.98 Å². The normalized spacial score (nSPS) is 14.8. The molecule has 2 aromatic heterocycles. The number of aromatic nitrogens is 1. The van der Waals surface area contributed by atoms with Gasteiger partial charge in [0, 0.05) is 36.8 Å². The van der Waals surface area contributed by atoms with E-state index in [-0.39, 0.29) is 12.3 Å². The number of hydrogen-bond acceptors (Lipinski definition) is 6. The molecule has 2 heterocycles. The number of ether oxygens (including phenoxy) is 1. The zero-order chi connectivity index (χ0) is 19.2. The van der Waals surface area contributed by atoms with Crippen LogP contribution in [-0.2, 0) is 17.6 Å². The Hall–Kier alpha value is -1.96. The molecule has 6 nitrogen and oxygen atoms in total. The molecule has 7 heteroatoms. The van der Waals surface area contributed by atoms with Gasteiger partial charge in [-0.1, -0.05) is 13.8 Å². The fourth-order valence-corrected chi connectivity index (χ4v) is 3.41. The van der Waals surface area contributed by atoms with Gasteiger partial charge in [-0.15, -0.1) is 0 Å². The average Bonchev–Trinajstić information content (AvgIpc) is 3.07. The van der Waals surface area contributed by atoms with Crippen molar-refractivity contribution in [3.63, 3.8) is 0 Å². The molecule has 0 saturated heterocycles. The smallest absolute Gasteiger partial charge is 0.337 e. The van der Waals surface area contributed by atoms with Gasteiger partial charge < -0.3 is 20.7 Å². The molecule has 0 aliphatic carbocycles. The molecule has 142 valence electrons. The molecular formula is C19H26N2O4S. The monoisotopic (exact) mass is 378 g/mol. The Balaban J connectivity index is 2.03. The summed E-state index contributed by atoms with van der Waals surface area (Å²) in [6.45, 7) is 4.38. The number of carbonyl (C=O) groups is 1. The van der Waals surface area contributed by atoms with Gasteiger partial charge >= 0.3 is 5.97 Å². The number of carboxylic acid groups (broad SMARTS) is 1. The largest absolute Gasteiger partial charge is 0.493 e. The van der Waals surface area contributed by atoms with E-state index in [4.69, 9.17) is 10.5 Å². The van der Waals surface area contributed by atoms with E-state index < -0.39 is 17.6 Å². The Morgan fingerprint density at radius 1 is 1.42 bits per heavy atom. The van der Waals surface area contributed by atoms with Gasteiger partial charge in [0.2, 0.25) is 0 Å². The van der Waals surface area contributed by atoms with Gasteiger partial charge in [0.1, 0.15) is 5.75 Å². The summed E-state index contributed by atoms with van der Waals surface area (Å²) in [5, 5.41) is 24.2. The van der Waals surface area contributed by atoms with Crippen LogP contribution in [0, 0.1) is 5.92 Å². The third-order valence-corrected chi connectivity index (χ3v) is 4.92. The molecule has 26 heavy (non-hydrogen) atoms. The van der Waals surface area contributed by atoms with Crippen LogP contribution < -0.4 is 10.5 Å². The van der Waals surface area contributed by atoms with Gasteiger partial charge in [-0.2, -0.15) is 11.3 Å². The van der Waals surface area contributed by atoms with Crippen LogP contribution in [-0.4, -0.2) is 39.4 Å². The van der Waals surface area contributed by atoms with Gasteiger partial charge in [-0.05, 0) is 40.8 Å². The van der Waals surface area contributed by atoms with Crippen molar-refractivity contribution in [2.24, 2.45) is 11.7 Å². The first-order chi connectivity index (χ1) is 12.3. The van der Waals surface area contributed by atoms with Gasteiger partial charge in [-0.25, -0.2) is 4.79 Å². The highest BCUT2D eigenvalue weighted by Gasteiger charge is 2.43. The van der Waals surface area contributed by atoms with E-state index in [0.717, 1.165) is 6.42 Å². The molecule has 2 rings (SSSR count). The molecule has 2 aromatic rings. The lowest BCUT2D eigenvalue weighted by Gasteiger charge is -2.30. The Labute approximate surface area is 157 Å². The standard InChI is InChI=1S/C19H26N2O4S/c1-13(2)9-17(20)19(24,18(22)23)11-15-10-16(3-6-21-15)25-7-4-14-5-8-26-12-14/h3,5-6,8,10,12-13,17,24H,4,7,9,11,20H2,1-2H3,(H,22,23). The summed E-state index contributed by atoms with van der Waals surface area (Å²) in [4.78, 5) is 15.8. The lowest BCUT2D eigenvalue weighted by atomic mass is 9.84. The Morgan fingerprint density at radius 2 is 2.19 bits per heavy atom. The molecule has 0 fully saturated rings. The predicted octanol–water partition coefficient (Wildman–Crippen LogP) is 2.50. The highest BCUT2D eigenvalue weighted by Crippen LogP contribution is 2.23. The first kappa shape index (κ1) is 20.4. The SMILES string of the molecule is CC(C)CC(N)C(O)(Cc1cc(OCCc2ccsc2)ccn1)C(=O)O. The van der Waals surface area contributed by atoms with E-state index in [1.54, 1.807) is 29.7 Å². The van der Waals surface area contributed by atoms with E-state index in [1.165, 1.54) is 5.56 Å². The van der Waals surface area contributed by atoms with Gasteiger partial charge in [0.15, 0.2) is 5.60 Å². The fraction of sp³-hybridized carbons (Fsp3) is 0.474. The lowest BCUT2D eigenvalue weighted by Crippen LogP contribution is -2.56. The number of hydrogen-bond donors (Lipinski definition) is 3. The number of rotatable bonds is 10. The van der Waals surface area contributed by atoms with Crippen molar-refractivity contribution in [2.45, 2.75) is 44.8 Å². The summed E-state index contributed by atoms with van der Waals surface area (Å²) in [5.41, 5.74) is 5.57. The molecule has 0 aromatic carbocycles.